The predicted octanol–water partition coefficient (Wildman–Crippen LogP) is 3.95. The van der Waals surface area contributed by atoms with Gasteiger partial charge in [0.05, 0.1) is 16.8 Å². The van der Waals surface area contributed by atoms with Crippen molar-refractivity contribution in [2.24, 2.45) is 0 Å². The quantitative estimate of drug-likeness (QED) is 0.481. The molecule has 0 radical (unpaired) electrons. The van der Waals surface area contributed by atoms with Crippen LogP contribution in [0, 0.1) is 11.3 Å². The van der Waals surface area contributed by atoms with Gasteiger partial charge < -0.3 is 15.1 Å². The monoisotopic (exact) mass is 340 g/mol. The molecule has 2 rings (SSSR count). The Kier molecular flexibility index (Phi) is 6.64. The first kappa shape index (κ1) is 18.6. The number of aliphatic hydroxyl groups excluding tert-OH is 1. The number of hydrogen-bond acceptors (Lipinski definition) is 4. The molecule has 132 valence electrons. The molecule has 1 heterocycles. The Balaban J connectivity index is 2.24. The predicted molar refractivity (Wildman–Crippen MR) is 97.6 cm³/mol. The number of hydrogen-bond donors (Lipinski definition) is 2. The first-order valence-corrected chi connectivity index (χ1v) is 8.64. The third-order valence-corrected chi connectivity index (χ3v) is 4.45. The molecule has 0 bridgehead atoms. The number of aliphatic carboxylic acids is 1. The summed E-state index contributed by atoms with van der Waals surface area (Å²) in [5.41, 5.74) is 2.28. The number of carboxylic acids is 1. The minimum absolute atomic E-state index is 0.127. The van der Waals surface area contributed by atoms with Crippen LogP contribution in [0.25, 0.3) is 0 Å². The summed E-state index contributed by atoms with van der Waals surface area (Å²) in [6.07, 6.45) is 7.90. The molecule has 0 unspecified atom stereocenters. The van der Waals surface area contributed by atoms with Gasteiger partial charge >= 0.3 is 5.97 Å². The van der Waals surface area contributed by atoms with Crippen molar-refractivity contribution in [3.05, 3.63) is 52.8 Å². The summed E-state index contributed by atoms with van der Waals surface area (Å²) >= 11 is 0. The van der Waals surface area contributed by atoms with Crippen molar-refractivity contribution in [3.63, 3.8) is 0 Å². The summed E-state index contributed by atoms with van der Waals surface area (Å²) in [5, 5.41) is 28.3. The number of carboxylic acid groups (broad SMARTS) is 1. The van der Waals surface area contributed by atoms with E-state index in [9.17, 15) is 15.2 Å². The highest BCUT2D eigenvalue weighted by Gasteiger charge is 2.15. The lowest BCUT2D eigenvalue weighted by atomic mass is 10.0. The van der Waals surface area contributed by atoms with Gasteiger partial charge in [-0.25, -0.2) is 4.79 Å². The number of nitriles is 1. The molecule has 0 saturated carbocycles. The Morgan fingerprint density at radius 2 is 1.92 bits per heavy atom. The van der Waals surface area contributed by atoms with Gasteiger partial charge in [0.1, 0.15) is 11.8 Å². The molecule has 0 spiro atoms. The van der Waals surface area contributed by atoms with Gasteiger partial charge in [-0.2, -0.15) is 5.26 Å². The van der Waals surface area contributed by atoms with Crippen molar-refractivity contribution in [2.45, 2.75) is 39.0 Å². The van der Waals surface area contributed by atoms with Gasteiger partial charge in [0.2, 0.25) is 0 Å². The van der Waals surface area contributed by atoms with Gasteiger partial charge in [-0.3, -0.25) is 0 Å². The SMILES string of the molecule is C/C=C(O)\C(=C/Cc1ccc(N2CCCCCC2)c(C#N)c1)C(=O)O. The average molecular weight is 340 g/mol. The second kappa shape index (κ2) is 8.93. The summed E-state index contributed by atoms with van der Waals surface area (Å²) in [6, 6.07) is 7.93. The zero-order valence-corrected chi connectivity index (χ0v) is 14.5. The minimum atomic E-state index is -1.17. The third kappa shape index (κ3) is 4.87. The lowest BCUT2D eigenvalue weighted by Gasteiger charge is -2.24. The van der Waals surface area contributed by atoms with E-state index in [4.69, 9.17) is 5.11 Å². The van der Waals surface area contributed by atoms with Crippen LogP contribution in [0.5, 0.6) is 0 Å². The van der Waals surface area contributed by atoms with Crippen molar-refractivity contribution in [1.29, 1.82) is 5.26 Å². The van der Waals surface area contributed by atoms with E-state index in [0.717, 1.165) is 37.2 Å². The maximum Gasteiger partial charge on any atom is 0.339 e. The van der Waals surface area contributed by atoms with Crippen LogP contribution in [0.4, 0.5) is 5.69 Å². The zero-order chi connectivity index (χ0) is 18.2. The second-order valence-corrected chi connectivity index (χ2v) is 6.17. The molecule has 5 heteroatoms. The number of benzene rings is 1. The van der Waals surface area contributed by atoms with Gasteiger partial charge in [0, 0.05) is 13.1 Å². The highest BCUT2D eigenvalue weighted by molar-refractivity contribution is 5.90. The van der Waals surface area contributed by atoms with E-state index in [2.05, 4.69) is 11.0 Å². The van der Waals surface area contributed by atoms with E-state index in [-0.39, 0.29) is 11.3 Å². The molecular weight excluding hydrogens is 316 g/mol. The molecule has 5 nitrogen and oxygen atoms in total. The largest absolute Gasteiger partial charge is 0.507 e. The van der Waals surface area contributed by atoms with Crippen molar-refractivity contribution >= 4 is 11.7 Å². The van der Waals surface area contributed by atoms with Crippen LogP contribution in [-0.4, -0.2) is 29.3 Å². The van der Waals surface area contributed by atoms with Crippen molar-refractivity contribution in [2.75, 3.05) is 18.0 Å². The number of aliphatic hydroxyl groups is 1. The van der Waals surface area contributed by atoms with E-state index in [1.54, 1.807) is 6.92 Å². The Hall–Kier alpha value is -2.74. The van der Waals surface area contributed by atoms with Crippen LogP contribution in [0.2, 0.25) is 0 Å². The molecule has 1 aromatic rings. The van der Waals surface area contributed by atoms with Gasteiger partial charge in [0.25, 0.3) is 0 Å². The van der Waals surface area contributed by atoms with E-state index < -0.39 is 5.97 Å². The third-order valence-electron chi connectivity index (χ3n) is 4.45. The molecule has 0 aliphatic carbocycles. The maximum absolute atomic E-state index is 11.2. The molecule has 1 saturated heterocycles. The van der Waals surface area contributed by atoms with E-state index in [1.165, 1.54) is 25.0 Å². The summed E-state index contributed by atoms with van der Waals surface area (Å²) in [7, 11) is 0. The molecule has 1 fully saturated rings. The molecule has 2 N–H and O–H groups in total. The first-order chi connectivity index (χ1) is 12.1. The topological polar surface area (TPSA) is 84.6 Å². The fraction of sp³-hybridized carbons (Fsp3) is 0.400. The number of nitrogens with zero attached hydrogens (tertiary/aromatic N) is 2. The van der Waals surface area contributed by atoms with Gasteiger partial charge in [-0.1, -0.05) is 25.0 Å². The lowest BCUT2D eigenvalue weighted by molar-refractivity contribution is -0.132. The van der Waals surface area contributed by atoms with E-state index in [1.807, 2.05) is 18.2 Å². The highest BCUT2D eigenvalue weighted by Crippen LogP contribution is 2.25. The summed E-state index contributed by atoms with van der Waals surface area (Å²) < 4.78 is 0. The normalized spacial score (nSPS) is 16.2. The maximum atomic E-state index is 11.2. The van der Waals surface area contributed by atoms with Gasteiger partial charge in [-0.05, 0) is 50.0 Å². The molecule has 0 atom stereocenters. The number of rotatable bonds is 5. The minimum Gasteiger partial charge on any atom is -0.507 e. The molecule has 25 heavy (non-hydrogen) atoms. The molecule has 1 aliphatic heterocycles. The Morgan fingerprint density at radius 3 is 2.48 bits per heavy atom. The summed E-state index contributed by atoms with van der Waals surface area (Å²) in [4.78, 5) is 13.5. The second-order valence-electron chi connectivity index (χ2n) is 6.17. The number of allylic oxidation sites excluding steroid dienone is 2. The highest BCUT2D eigenvalue weighted by atomic mass is 16.4. The van der Waals surface area contributed by atoms with Gasteiger partial charge in [0.15, 0.2) is 0 Å². The Labute approximate surface area is 148 Å². The van der Waals surface area contributed by atoms with Gasteiger partial charge in [-0.15, -0.1) is 0 Å². The van der Waals surface area contributed by atoms with Crippen molar-refractivity contribution in [1.82, 2.24) is 0 Å². The Bertz CT molecular complexity index is 721. The van der Waals surface area contributed by atoms with Crippen molar-refractivity contribution < 1.29 is 15.0 Å². The molecule has 1 aromatic carbocycles. The smallest absolute Gasteiger partial charge is 0.339 e. The van der Waals surface area contributed by atoms with Crippen molar-refractivity contribution in [3.8, 4) is 6.07 Å². The lowest BCUT2D eigenvalue weighted by Crippen LogP contribution is -2.24. The number of carbonyl (C=O) groups is 1. The van der Waals surface area contributed by atoms with E-state index in [0.29, 0.717) is 12.0 Å². The molecule has 1 aliphatic rings. The number of anilines is 1. The Morgan fingerprint density at radius 1 is 1.24 bits per heavy atom. The van der Waals surface area contributed by atoms with Crippen LogP contribution in [-0.2, 0) is 11.2 Å². The standard InChI is InChI=1S/C20H24N2O3/c1-2-19(23)17(20(24)25)9-7-15-8-10-18(16(13-15)14-21)22-11-5-3-4-6-12-22/h2,8-10,13,23H,3-7,11-12H2,1H3,(H,24,25)/b17-9+,19-2+. The molecular formula is C20H24N2O3. The average Bonchev–Trinajstić information content (AvgIpc) is 2.90. The van der Waals surface area contributed by atoms with Crippen LogP contribution in [0.1, 0.15) is 43.7 Å². The van der Waals surface area contributed by atoms with Crippen LogP contribution >= 0.6 is 0 Å². The van der Waals surface area contributed by atoms with Crippen LogP contribution < -0.4 is 4.90 Å². The summed E-state index contributed by atoms with van der Waals surface area (Å²) in [6.45, 7) is 3.51. The molecule has 0 amide bonds. The van der Waals surface area contributed by atoms with Crippen LogP contribution in [0.3, 0.4) is 0 Å². The summed E-state index contributed by atoms with van der Waals surface area (Å²) in [5.74, 6) is -1.42. The first-order valence-electron chi connectivity index (χ1n) is 8.64. The zero-order valence-electron chi connectivity index (χ0n) is 14.5. The fourth-order valence-corrected chi connectivity index (χ4v) is 3.06. The van der Waals surface area contributed by atoms with E-state index >= 15 is 0 Å². The van der Waals surface area contributed by atoms with Crippen LogP contribution in [0.15, 0.2) is 41.7 Å². The molecule has 0 aromatic heterocycles. The fourth-order valence-electron chi connectivity index (χ4n) is 3.06.